The van der Waals surface area contributed by atoms with Gasteiger partial charge < -0.3 is 29.6 Å². The molecule has 0 aromatic heterocycles. The molecule has 8 atom stereocenters. The number of aliphatic hydroxyl groups excluding tert-OH is 3. The Bertz CT molecular complexity index is 715. The Morgan fingerprint density at radius 1 is 1.46 bits per heavy atom. The molecule has 154 valence electrons. The molecule has 1 aliphatic heterocycles. The largest absolute Gasteiger partial charge is 0.458 e. The fourth-order valence-corrected chi connectivity index (χ4v) is 5.09. The van der Waals surface area contributed by atoms with Crippen molar-refractivity contribution in [2.45, 2.75) is 50.6 Å². The van der Waals surface area contributed by atoms with Gasteiger partial charge in [-0.3, -0.25) is 0 Å². The summed E-state index contributed by atoms with van der Waals surface area (Å²) in [5, 5.41) is 29.3. The molecule has 0 radical (unpaired) electrons. The number of fused-ring (bicyclic) bond motifs is 3. The summed E-state index contributed by atoms with van der Waals surface area (Å²) in [4.78, 5) is 36.3. The van der Waals surface area contributed by atoms with Crippen molar-refractivity contribution in [2.75, 3.05) is 6.61 Å². The van der Waals surface area contributed by atoms with E-state index in [4.69, 9.17) is 14.6 Å². The highest BCUT2D eigenvalue weighted by Gasteiger charge is 2.63. The third-order valence-electron chi connectivity index (χ3n) is 6.69. The normalized spacial score (nSPS) is 40.7. The van der Waals surface area contributed by atoms with Crippen LogP contribution in [-0.4, -0.2) is 64.6 Å². The van der Waals surface area contributed by atoms with E-state index in [9.17, 15) is 24.6 Å². The van der Waals surface area contributed by atoms with Crippen LogP contribution < -0.4 is 0 Å². The van der Waals surface area contributed by atoms with Crippen LogP contribution in [0.1, 0.15) is 26.2 Å². The number of hydrogen-bond donors (Lipinski definition) is 3. The van der Waals surface area contributed by atoms with Crippen LogP contribution in [0.5, 0.6) is 0 Å². The molecule has 28 heavy (non-hydrogen) atoms. The summed E-state index contributed by atoms with van der Waals surface area (Å²) in [5.74, 6) is -2.97. The minimum Gasteiger partial charge on any atom is -0.458 e. The third-order valence-corrected chi connectivity index (χ3v) is 6.69. The van der Waals surface area contributed by atoms with Crippen LogP contribution in [0.2, 0.25) is 0 Å². The standard InChI is InChI=1S/C20H26O8/c1-9(12(23)8-22)18(25)27-13-6-20(3)14(24)5-4-11(7-21)16(20)17-15(13)10(2)19(26)28-17/h7,11-17,22-24H,1-2,4-6,8H2,3H3/t11?,12-,13-,14+,15+,16?,17-,20-/m0/s1. The van der Waals surface area contributed by atoms with Crippen LogP contribution >= 0.6 is 0 Å². The molecule has 0 aromatic carbocycles. The molecule has 0 aromatic rings. The van der Waals surface area contributed by atoms with E-state index >= 15 is 0 Å². The van der Waals surface area contributed by atoms with Crippen LogP contribution in [-0.2, 0) is 23.9 Å². The summed E-state index contributed by atoms with van der Waals surface area (Å²) in [6.07, 6.45) is -1.85. The van der Waals surface area contributed by atoms with Gasteiger partial charge in [0.15, 0.2) is 0 Å². The second kappa shape index (κ2) is 7.42. The second-order valence-electron chi connectivity index (χ2n) is 8.22. The van der Waals surface area contributed by atoms with E-state index in [1.165, 1.54) is 0 Å². The molecule has 8 nitrogen and oxygen atoms in total. The predicted molar refractivity (Wildman–Crippen MR) is 95.6 cm³/mol. The van der Waals surface area contributed by atoms with Crippen molar-refractivity contribution in [3.05, 3.63) is 24.3 Å². The number of carbonyl (C=O) groups is 3. The lowest BCUT2D eigenvalue weighted by atomic mass is 9.51. The van der Waals surface area contributed by atoms with Crippen molar-refractivity contribution in [1.82, 2.24) is 0 Å². The number of hydrogen-bond acceptors (Lipinski definition) is 8. The fourth-order valence-electron chi connectivity index (χ4n) is 5.09. The molecule has 8 heteroatoms. The van der Waals surface area contributed by atoms with Gasteiger partial charge in [-0.2, -0.15) is 0 Å². The number of rotatable bonds is 5. The summed E-state index contributed by atoms with van der Waals surface area (Å²) in [6.45, 7) is 8.35. The van der Waals surface area contributed by atoms with Gasteiger partial charge in [0.1, 0.15) is 24.6 Å². The average molecular weight is 394 g/mol. The van der Waals surface area contributed by atoms with Crippen molar-refractivity contribution in [1.29, 1.82) is 0 Å². The van der Waals surface area contributed by atoms with Gasteiger partial charge >= 0.3 is 11.9 Å². The second-order valence-corrected chi connectivity index (χ2v) is 8.22. The number of aldehydes is 1. The Morgan fingerprint density at radius 2 is 2.14 bits per heavy atom. The summed E-state index contributed by atoms with van der Waals surface area (Å²) >= 11 is 0. The summed E-state index contributed by atoms with van der Waals surface area (Å²) in [5.41, 5.74) is -0.961. The lowest BCUT2D eigenvalue weighted by Gasteiger charge is -2.55. The summed E-state index contributed by atoms with van der Waals surface area (Å²) in [7, 11) is 0. The molecule has 3 N–H and O–H groups in total. The Balaban J connectivity index is 1.95. The van der Waals surface area contributed by atoms with Crippen LogP contribution in [0.25, 0.3) is 0 Å². The van der Waals surface area contributed by atoms with Crippen molar-refractivity contribution < 1.29 is 39.2 Å². The fraction of sp³-hybridized carbons (Fsp3) is 0.650. The van der Waals surface area contributed by atoms with Gasteiger partial charge in [0, 0.05) is 22.8 Å². The Morgan fingerprint density at radius 3 is 2.75 bits per heavy atom. The zero-order valence-electron chi connectivity index (χ0n) is 15.7. The first-order valence-electron chi connectivity index (χ1n) is 9.37. The molecule has 2 aliphatic carbocycles. The monoisotopic (exact) mass is 394 g/mol. The number of aliphatic hydroxyl groups is 3. The quantitative estimate of drug-likeness (QED) is 0.335. The zero-order valence-corrected chi connectivity index (χ0v) is 15.7. The highest BCUT2D eigenvalue weighted by Crippen LogP contribution is 2.58. The molecule has 3 rings (SSSR count). The molecule has 1 heterocycles. The molecule has 3 aliphatic rings. The van der Waals surface area contributed by atoms with Crippen molar-refractivity contribution in [3.63, 3.8) is 0 Å². The van der Waals surface area contributed by atoms with Crippen molar-refractivity contribution in [2.24, 2.45) is 23.2 Å². The topological polar surface area (TPSA) is 130 Å². The Kier molecular flexibility index (Phi) is 5.49. The van der Waals surface area contributed by atoms with E-state index in [0.717, 1.165) is 6.29 Å². The van der Waals surface area contributed by atoms with Crippen LogP contribution in [0.4, 0.5) is 0 Å². The highest BCUT2D eigenvalue weighted by atomic mass is 16.6. The molecule has 0 bridgehead atoms. The Labute approximate surface area is 162 Å². The zero-order chi connectivity index (χ0) is 20.8. The number of esters is 2. The minimum atomic E-state index is -1.46. The predicted octanol–water partition coefficient (Wildman–Crippen LogP) is -0.0986. The molecule has 1 saturated heterocycles. The summed E-state index contributed by atoms with van der Waals surface area (Å²) < 4.78 is 11.1. The summed E-state index contributed by atoms with van der Waals surface area (Å²) in [6, 6.07) is 0. The van der Waals surface area contributed by atoms with Gasteiger partial charge in [0.05, 0.1) is 24.2 Å². The van der Waals surface area contributed by atoms with Gasteiger partial charge in [-0.25, -0.2) is 9.59 Å². The van der Waals surface area contributed by atoms with E-state index < -0.39 is 60.2 Å². The first kappa shape index (κ1) is 20.7. The molecular weight excluding hydrogens is 368 g/mol. The molecular formula is C20H26O8. The van der Waals surface area contributed by atoms with E-state index in [1.54, 1.807) is 6.92 Å². The molecule has 0 amide bonds. The number of ether oxygens (including phenoxy) is 2. The molecule has 2 saturated carbocycles. The van der Waals surface area contributed by atoms with Gasteiger partial charge in [-0.15, -0.1) is 0 Å². The lowest BCUT2D eigenvalue weighted by molar-refractivity contribution is -0.195. The molecule has 3 fully saturated rings. The van der Waals surface area contributed by atoms with Crippen LogP contribution in [0.3, 0.4) is 0 Å². The minimum absolute atomic E-state index is 0.155. The number of carbonyl (C=O) groups excluding carboxylic acids is 3. The maximum atomic E-state index is 12.4. The van der Waals surface area contributed by atoms with Crippen LogP contribution in [0.15, 0.2) is 24.3 Å². The van der Waals surface area contributed by atoms with Gasteiger partial charge in [-0.1, -0.05) is 20.1 Å². The smallest absolute Gasteiger partial charge is 0.336 e. The first-order chi connectivity index (χ1) is 13.2. The first-order valence-corrected chi connectivity index (χ1v) is 9.37. The van der Waals surface area contributed by atoms with E-state index in [-0.39, 0.29) is 23.5 Å². The van der Waals surface area contributed by atoms with Gasteiger partial charge in [0.25, 0.3) is 0 Å². The van der Waals surface area contributed by atoms with Crippen LogP contribution in [0, 0.1) is 23.2 Å². The van der Waals surface area contributed by atoms with Gasteiger partial charge in [0.2, 0.25) is 0 Å². The highest BCUT2D eigenvalue weighted by molar-refractivity contribution is 5.92. The maximum absolute atomic E-state index is 12.4. The van der Waals surface area contributed by atoms with Crippen molar-refractivity contribution in [3.8, 4) is 0 Å². The van der Waals surface area contributed by atoms with E-state index in [1.807, 2.05) is 0 Å². The van der Waals surface area contributed by atoms with Crippen molar-refractivity contribution >= 4 is 18.2 Å². The SMILES string of the molecule is C=C1C(=O)O[C@@H]2C3C(C=O)CC[C@@H](O)[C@]3(C)C[C@H](OC(=O)C(=C)[C@@H](O)CO)[C@@H]12. The Hall–Kier alpha value is -2.03. The van der Waals surface area contributed by atoms with E-state index in [0.29, 0.717) is 12.8 Å². The molecule has 2 unspecified atom stereocenters. The lowest BCUT2D eigenvalue weighted by Crippen LogP contribution is -2.60. The molecule has 0 spiro atoms. The van der Waals surface area contributed by atoms with E-state index in [2.05, 4.69) is 13.2 Å². The van der Waals surface area contributed by atoms with Gasteiger partial charge in [-0.05, 0) is 19.3 Å². The maximum Gasteiger partial charge on any atom is 0.336 e. The average Bonchev–Trinajstić information content (AvgIpc) is 2.96. The third kappa shape index (κ3) is 3.09.